The van der Waals surface area contributed by atoms with E-state index >= 15 is 0 Å². The lowest BCUT2D eigenvalue weighted by Crippen LogP contribution is -2.20. The van der Waals surface area contributed by atoms with Gasteiger partial charge in [-0.05, 0) is 40.1 Å². The molecule has 12 heteroatoms. The van der Waals surface area contributed by atoms with Gasteiger partial charge in [-0.3, -0.25) is 4.79 Å². The normalized spacial score (nSPS) is 11.1. The Bertz CT molecular complexity index is 1250. The predicted octanol–water partition coefficient (Wildman–Crippen LogP) is 2.35. The van der Waals surface area contributed by atoms with Crippen LogP contribution in [0.25, 0.3) is 5.82 Å². The van der Waals surface area contributed by atoms with Gasteiger partial charge in [0, 0.05) is 30.4 Å². The molecule has 2 heterocycles. The van der Waals surface area contributed by atoms with E-state index in [1.807, 2.05) is 73.6 Å². The van der Waals surface area contributed by atoms with E-state index in [2.05, 4.69) is 35.8 Å². The van der Waals surface area contributed by atoms with E-state index < -0.39 is 5.91 Å². The summed E-state index contributed by atoms with van der Waals surface area (Å²) in [5.41, 5.74) is 10.8. The van der Waals surface area contributed by atoms with Crippen molar-refractivity contribution in [3.05, 3.63) is 71.5 Å². The summed E-state index contributed by atoms with van der Waals surface area (Å²) in [5.74, 6) is 0.0645. The molecule has 2 aromatic carbocycles. The van der Waals surface area contributed by atoms with E-state index in [0.29, 0.717) is 11.4 Å². The highest BCUT2D eigenvalue weighted by molar-refractivity contribution is 7.98. The SMILES string of the molecule is CN(C)c1ccc(/C=N/NC(=O)c2nnn(-c3nonc3N)c2CSc2ccccc2)cc1. The lowest BCUT2D eigenvalue weighted by atomic mass is 10.2. The van der Waals surface area contributed by atoms with Gasteiger partial charge in [-0.1, -0.05) is 35.5 Å². The van der Waals surface area contributed by atoms with Crippen LogP contribution in [-0.2, 0) is 5.75 Å². The number of benzene rings is 2. The van der Waals surface area contributed by atoms with E-state index in [0.717, 1.165) is 16.1 Å². The number of aromatic nitrogens is 5. The van der Waals surface area contributed by atoms with Crippen molar-refractivity contribution in [2.24, 2.45) is 5.10 Å². The second kappa shape index (κ2) is 9.96. The molecule has 4 rings (SSSR count). The number of hydrogen-bond donors (Lipinski definition) is 2. The smallest absolute Gasteiger partial charge is 0.293 e. The number of hydrogen-bond acceptors (Lipinski definition) is 10. The Labute approximate surface area is 193 Å². The summed E-state index contributed by atoms with van der Waals surface area (Å²) in [4.78, 5) is 15.8. The molecular formula is C21H21N9O2S. The molecule has 168 valence electrons. The minimum Gasteiger partial charge on any atom is -0.378 e. The van der Waals surface area contributed by atoms with Crippen LogP contribution in [0.15, 0.2) is 69.2 Å². The molecule has 0 saturated heterocycles. The molecule has 0 radical (unpaired) electrons. The molecule has 0 aliphatic heterocycles. The second-order valence-corrected chi connectivity index (χ2v) is 8.11. The van der Waals surface area contributed by atoms with Crippen molar-refractivity contribution >= 4 is 35.4 Å². The Morgan fingerprint density at radius 2 is 1.94 bits per heavy atom. The van der Waals surface area contributed by atoms with Gasteiger partial charge in [0.2, 0.25) is 11.6 Å². The van der Waals surface area contributed by atoms with Crippen molar-refractivity contribution in [2.45, 2.75) is 10.6 Å². The molecule has 0 unspecified atom stereocenters. The monoisotopic (exact) mass is 463 g/mol. The van der Waals surface area contributed by atoms with Crippen LogP contribution in [0, 0.1) is 0 Å². The molecule has 11 nitrogen and oxygen atoms in total. The van der Waals surface area contributed by atoms with Crippen LogP contribution >= 0.6 is 11.8 Å². The lowest BCUT2D eigenvalue weighted by molar-refractivity contribution is 0.0949. The Hall–Kier alpha value is -4.19. The van der Waals surface area contributed by atoms with E-state index in [9.17, 15) is 4.79 Å². The maximum absolute atomic E-state index is 12.8. The summed E-state index contributed by atoms with van der Waals surface area (Å²) in [6.07, 6.45) is 1.56. The largest absolute Gasteiger partial charge is 0.378 e. The minimum absolute atomic E-state index is 0.0389. The van der Waals surface area contributed by atoms with Crippen molar-refractivity contribution in [2.75, 3.05) is 24.7 Å². The number of thioether (sulfide) groups is 1. The third-order valence-electron chi connectivity index (χ3n) is 4.58. The van der Waals surface area contributed by atoms with Gasteiger partial charge in [0.25, 0.3) is 5.91 Å². The van der Waals surface area contributed by atoms with Crippen LogP contribution in [-0.4, -0.2) is 51.5 Å². The Balaban J connectivity index is 1.53. The van der Waals surface area contributed by atoms with Gasteiger partial charge in [-0.2, -0.15) is 9.78 Å². The fraction of sp³-hybridized carbons (Fsp3) is 0.143. The molecule has 3 N–H and O–H groups in total. The number of hydrazone groups is 1. The molecule has 0 aliphatic carbocycles. The van der Waals surface area contributed by atoms with Crippen LogP contribution in [0.1, 0.15) is 21.7 Å². The third kappa shape index (κ3) is 5.18. The number of amides is 1. The van der Waals surface area contributed by atoms with Crippen LogP contribution in [0.4, 0.5) is 11.5 Å². The maximum Gasteiger partial charge on any atom is 0.293 e. The molecule has 0 fully saturated rings. The quantitative estimate of drug-likeness (QED) is 0.229. The molecule has 1 amide bonds. The van der Waals surface area contributed by atoms with Crippen molar-refractivity contribution < 1.29 is 9.42 Å². The Kier molecular flexibility index (Phi) is 6.64. The summed E-state index contributed by atoms with van der Waals surface area (Å²) in [7, 11) is 3.93. The number of carbonyl (C=O) groups is 1. The van der Waals surface area contributed by atoms with E-state index in [1.165, 1.54) is 16.4 Å². The topological polar surface area (TPSA) is 140 Å². The van der Waals surface area contributed by atoms with Crippen molar-refractivity contribution in [1.82, 2.24) is 30.7 Å². The molecule has 0 spiro atoms. The van der Waals surface area contributed by atoms with Gasteiger partial charge < -0.3 is 10.6 Å². The first kappa shape index (κ1) is 22.0. The van der Waals surface area contributed by atoms with Gasteiger partial charge >= 0.3 is 0 Å². The van der Waals surface area contributed by atoms with Gasteiger partial charge in [0.15, 0.2) is 5.69 Å². The number of nitrogen functional groups attached to an aromatic ring is 1. The first-order valence-corrected chi connectivity index (χ1v) is 10.8. The summed E-state index contributed by atoms with van der Waals surface area (Å²) in [6, 6.07) is 17.5. The lowest BCUT2D eigenvalue weighted by Gasteiger charge is -2.11. The van der Waals surface area contributed by atoms with Crippen LogP contribution in [0.5, 0.6) is 0 Å². The number of carbonyl (C=O) groups excluding carboxylic acids is 1. The fourth-order valence-corrected chi connectivity index (χ4v) is 3.77. The van der Waals surface area contributed by atoms with Gasteiger partial charge in [0.1, 0.15) is 0 Å². The fourth-order valence-electron chi connectivity index (χ4n) is 2.86. The second-order valence-electron chi connectivity index (χ2n) is 7.06. The highest BCUT2D eigenvalue weighted by Crippen LogP contribution is 2.25. The number of nitrogens with two attached hydrogens (primary N) is 1. The minimum atomic E-state index is -0.513. The van der Waals surface area contributed by atoms with Crippen LogP contribution < -0.4 is 16.1 Å². The average Bonchev–Trinajstić information content (AvgIpc) is 3.44. The first-order valence-electron chi connectivity index (χ1n) is 9.84. The maximum atomic E-state index is 12.8. The summed E-state index contributed by atoms with van der Waals surface area (Å²) in [5, 5.41) is 19.5. The molecule has 2 aromatic heterocycles. The zero-order valence-corrected chi connectivity index (χ0v) is 18.7. The average molecular weight is 464 g/mol. The first-order chi connectivity index (χ1) is 16.0. The van der Waals surface area contributed by atoms with Crippen molar-refractivity contribution in [3.63, 3.8) is 0 Å². The Morgan fingerprint density at radius 1 is 1.18 bits per heavy atom. The molecule has 0 aliphatic rings. The molecular weight excluding hydrogens is 442 g/mol. The van der Waals surface area contributed by atoms with Crippen LogP contribution in [0.2, 0.25) is 0 Å². The van der Waals surface area contributed by atoms with E-state index in [4.69, 9.17) is 5.73 Å². The van der Waals surface area contributed by atoms with Crippen LogP contribution in [0.3, 0.4) is 0 Å². The van der Waals surface area contributed by atoms with Gasteiger partial charge in [-0.25, -0.2) is 10.1 Å². The molecule has 0 atom stereocenters. The number of anilines is 2. The Morgan fingerprint density at radius 3 is 2.61 bits per heavy atom. The zero-order valence-electron chi connectivity index (χ0n) is 17.9. The van der Waals surface area contributed by atoms with Crippen molar-refractivity contribution in [3.8, 4) is 5.82 Å². The van der Waals surface area contributed by atoms with Gasteiger partial charge in [0.05, 0.1) is 11.9 Å². The summed E-state index contributed by atoms with van der Waals surface area (Å²) < 4.78 is 6.02. The predicted molar refractivity (Wildman–Crippen MR) is 125 cm³/mol. The highest BCUT2D eigenvalue weighted by Gasteiger charge is 2.24. The number of rotatable bonds is 8. The summed E-state index contributed by atoms with van der Waals surface area (Å²) in [6.45, 7) is 0. The van der Waals surface area contributed by atoms with E-state index in [1.54, 1.807) is 6.21 Å². The van der Waals surface area contributed by atoms with Crippen molar-refractivity contribution in [1.29, 1.82) is 0 Å². The summed E-state index contributed by atoms with van der Waals surface area (Å²) >= 11 is 1.51. The molecule has 33 heavy (non-hydrogen) atoms. The van der Waals surface area contributed by atoms with E-state index in [-0.39, 0.29) is 17.3 Å². The number of nitrogens with zero attached hydrogens (tertiary/aromatic N) is 7. The molecule has 0 saturated carbocycles. The highest BCUT2D eigenvalue weighted by atomic mass is 32.2. The zero-order chi connectivity index (χ0) is 23.2. The molecule has 4 aromatic rings. The van der Waals surface area contributed by atoms with Gasteiger partial charge in [-0.15, -0.1) is 16.9 Å². The standard InChI is InChI=1S/C21H21N9O2S/c1-29(2)15-10-8-14(9-11-15)12-23-25-21(31)18-17(13-33-16-6-4-3-5-7-16)30(28-24-18)20-19(22)26-32-27-20/h3-12H,13H2,1-2H3,(H2,22,26)(H,25,31)/b23-12+. The molecule has 0 bridgehead atoms. The third-order valence-corrected chi connectivity index (χ3v) is 5.61. The number of nitrogens with one attached hydrogen (secondary N) is 1.